The van der Waals surface area contributed by atoms with Crippen LogP contribution in [0.3, 0.4) is 0 Å². The molecule has 1 saturated carbocycles. The Morgan fingerprint density at radius 3 is 2.50 bits per heavy atom. The zero-order valence-electron chi connectivity index (χ0n) is 9.63. The van der Waals surface area contributed by atoms with Crippen LogP contribution in [-0.2, 0) is 0 Å². The Bertz CT molecular complexity index is 177. The molecule has 2 heteroatoms. The number of nitrogens with one attached hydrogen (secondary N) is 1. The minimum absolute atomic E-state index is 0.739. The van der Waals surface area contributed by atoms with E-state index in [2.05, 4.69) is 24.1 Å². The van der Waals surface area contributed by atoms with Crippen molar-refractivity contribution < 1.29 is 0 Å². The van der Waals surface area contributed by atoms with Crippen molar-refractivity contribution in [2.75, 3.05) is 26.2 Å². The maximum absolute atomic E-state index is 3.54. The van der Waals surface area contributed by atoms with Gasteiger partial charge in [0.05, 0.1) is 0 Å². The first kappa shape index (κ1) is 10.4. The van der Waals surface area contributed by atoms with Crippen LogP contribution in [0, 0.1) is 11.8 Å². The maximum atomic E-state index is 3.54. The molecule has 0 radical (unpaired) electrons. The summed E-state index contributed by atoms with van der Waals surface area (Å²) in [5.41, 5.74) is 0. The summed E-state index contributed by atoms with van der Waals surface area (Å²) < 4.78 is 0. The Labute approximate surface area is 88.1 Å². The molecular formula is C12H24N2. The van der Waals surface area contributed by atoms with Gasteiger partial charge in [-0.25, -0.2) is 0 Å². The standard InChI is InChI=1S/C12H24N2/c1-3-14(8-11-4-5-11)9-12-6-7-13-10(12)2/h10-13H,3-9H2,1-2H3. The molecule has 14 heavy (non-hydrogen) atoms. The fourth-order valence-electron chi connectivity index (χ4n) is 2.49. The van der Waals surface area contributed by atoms with Gasteiger partial charge in [0.15, 0.2) is 0 Å². The van der Waals surface area contributed by atoms with Crippen molar-refractivity contribution in [2.24, 2.45) is 11.8 Å². The predicted molar refractivity (Wildman–Crippen MR) is 60.4 cm³/mol. The SMILES string of the molecule is CCN(CC1CC1)CC1CCNC1C. The summed E-state index contributed by atoms with van der Waals surface area (Å²) in [6.45, 7) is 9.78. The average molecular weight is 196 g/mol. The first-order valence-corrected chi connectivity index (χ1v) is 6.25. The fraction of sp³-hybridized carbons (Fsp3) is 1.00. The molecule has 2 atom stereocenters. The lowest BCUT2D eigenvalue weighted by atomic mass is 10.0. The van der Waals surface area contributed by atoms with Crippen LogP contribution in [0.5, 0.6) is 0 Å². The van der Waals surface area contributed by atoms with Crippen molar-refractivity contribution >= 4 is 0 Å². The molecule has 0 aromatic heterocycles. The lowest BCUT2D eigenvalue weighted by Gasteiger charge is -2.25. The number of rotatable bonds is 5. The number of nitrogens with zero attached hydrogens (tertiary/aromatic N) is 1. The molecule has 1 aliphatic heterocycles. The van der Waals surface area contributed by atoms with Crippen LogP contribution in [0.15, 0.2) is 0 Å². The van der Waals surface area contributed by atoms with Gasteiger partial charge in [0.2, 0.25) is 0 Å². The van der Waals surface area contributed by atoms with Crippen LogP contribution < -0.4 is 5.32 Å². The smallest absolute Gasteiger partial charge is 0.00796 e. The van der Waals surface area contributed by atoms with Crippen molar-refractivity contribution in [3.8, 4) is 0 Å². The van der Waals surface area contributed by atoms with E-state index in [1.165, 1.54) is 45.4 Å². The van der Waals surface area contributed by atoms with Gasteiger partial charge in [-0.05, 0) is 51.1 Å². The first-order valence-electron chi connectivity index (χ1n) is 6.25. The predicted octanol–water partition coefficient (Wildman–Crippen LogP) is 1.72. The zero-order valence-corrected chi connectivity index (χ0v) is 9.63. The van der Waals surface area contributed by atoms with Crippen molar-refractivity contribution in [2.45, 2.75) is 39.2 Å². The Balaban J connectivity index is 1.74. The topological polar surface area (TPSA) is 15.3 Å². The summed E-state index contributed by atoms with van der Waals surface area (Å²) >= 11 is 0. The quantitative estimate of drug-likeness (QED) is 0.720. The van der Waals surface area contributed by atoms with E-state index in [0.717, 1.165) is 17.9 Å². The molecule has 82 valence electrons. The summed E-state index contributed by atoms with van der Waals surface area (Å²) in [7, 11) is 0. The van der Waals surface area contributed by atoms with Gasteiger partial charge >= 0.3 is 0 Å². The number of hydrogen-bond acceptors (Lipinski definition) is 2. The average Bonchev–Trinajstić information content (AvgIpc) is 2.90. The third-order valence-corrected chi connectivity index (χ3v) is 3.84. The Hall–Kier alpha value is -0.0800. The van der Waals surface area contributed by atoms with E-state index in [1.807, 2.05) is 0 Å². The highest BCUT2D eigenvalue weighted by atomic mass is 15.1. The zero-order chi connectivity index (χ0) is 9.97. The van der Waals surface area contributed by atoms with Crippen LogP contribution in [0.1, 0.15) is 33.1 Å². The summed E-state index contributed by atoms with van der Waals surface area (Å²) in [6.07, 6.45) is 4.34. The highest BCUT2D eigenvalue weighted by Gasteiger charge is 2.28. The summed E-state index contributed by atoms with van der Waals surface area (Å²) in [4.78, 5) is 2.66. The van der Waals surface area contributed by atoms with Gasteiger partial charge in [0, 0.05) is 19.1 Å². The van der Waals surface area contributed by atoms with Gasteiger partial charge in [-0.2, -0.15) is 0 Å². The van der Waals surface area contributed by atoms with E-state index in [4.69, 9.17) is 0 Å². The highest BCUT2D eigenvalue weighted by Crippen LogP contribution is 2.30. The maximum Gasteiger partial charge on any atom is 0.00796 e. The van der Waals surface area contributed by atoms with Crippen LogP contribution in [0.4, 0.5) is 0 Å². The van der Waals surface area contributed by atoms with E-state index in [-0.39, 0.29) is 0 Å². The normalized spacial score (nSPS) is 32.8. The monoisotopic (exact) mass is 196 g/mol. The molecule has 0 aromatic carbocycles. The van der Waals surface area contributed by atoms with Crippen LogP contribution in [0.25, 0.3) is 0 Å². The molecule has 2 unspecified atom stereocenters. The van der Waals surface area contributed by atoms with Gasteiger partial charge in [0.1, 0.15) is 0 Å². The molecule has 1 heterocycles. The second-order valence-electron chi connectivity index (χ2n) is 5.09. The van der Waals surface area contributed by atoms with Crippen LogP contribution in [-0.4, -0.2) is 37.1 Å². The molecule has 2 fully saturated rings. The minimum atomic E-state index is 0.739. The van der Waals surface area contributed by atoms with Gasteiger partial charge in [-0.15, -0.1) is 0 Å². The number of hydrogen-bond donors (Lipinski definition) is 1. The van der Waals surface area contributed by atoms with E-state index in [9.17, 15) is 0 Å². The second-order valence-corrected chi connectivity index (χ2v) is 5.09. The third kappa shape index (κ3) is 2.71. The summed E-state index contributed by atoms with van der Waals surface area (Å²) in [5, 5.41) is 3.54. The van der Waals surface area contributed by atoms with Crippen LogP contribution >= 0.6 is 0 Å². The largest absolute Gasteiger partial charge is 0.314 e. The lowest BCUT2D eigenvalue weighted by Crippen LogP contribution is -2.35. The fourth-order valence-corrected chi connectivity index (χ4v) is 2.49. The molecule has 1 N–H and O–H groups in total. The Morgan fingerprint density at radius 1 is 1.21 bits per heavy atom. The van der Waals surface area contributed by atoms with Gasteiger partial charge < -0.3 is 10.2 Å². The van der Waals surface area contributed by atoms with Gasteiger partial charge in [-0.1, -0.05) is 6.92 Å². The van der Waals surface area contributed by atoms with Gasteiger partial charge in [-0.3, -0.25) is 0 Å². The Morgan fingerprint density at radius 2 is 2.00 bits per heavy atom. The van der Waals surface area contributed by atoms with E-state index in [0.29, 0.717) is 0 Å². The Kier molecular flexibility index (Phi) is 3.45. The molecule has 2 aliphatic rings. The minimum Gasteiger partial charge on any atom is -0.314 e. The molecular weight excluding hydrogens is 172 g/mol. The van der Waals surface area contributed by atoms with Gasteiger partial charge in [0.25, 0.3) is 0 Å². The van der Waals surface area contributed by atoms with Crippen LogP contribution in [0.2, 0.25) is 0 Å². The summed E-state index contributed by atoms with van der Waals surface area (Å²) in [6, 6.07) is 0.739. The summed E-state index contributed by atoms with van der Waals surface area (Å²) in [5.74, 6) is 1.94. The molecule has 0 spiro atoms. The van der Waals surface area contributed by atoms with E-state index < -0.39 is 0 Å². The highest BCUT2D eigenvalue weighted by molar-refractivity contribution is 4.84. The molecule has 0 bridgehead atoms. The molecule has 1 saturated heterocycles. The van der Waals surface area contributed by atoms with Crippen molar-refractivity contribution in [3.05, 3.63) is 0 Å². The van der Waals surface area contributed by atoms with E-state index in [1.54, 1.807) is 0 Å². The van der Waals surface area contributed by atoms with Crippen molar-refractivity contribution in [3.63, 3.8) is 0 Å². The molecule has 0 aromatic rings. The third-order valence-electron chi connectivity index (χ3n) is 3.84. The van der Waals surface area contributed by atoms with Crippen molar-refractivity contribution in [1.29, 1.82) is 0 Å². The van der Waals surface area contributed by atoms with E-state index >= 15 is 0 Å². The molecule has 2 rings (SSSR count). The second kappa shape index (κ2) is 4.63. The van der Waals surface area contributed by atoms with Crippen molar-refractivity contribution in [1.82, 2.24) is 10.2 Å². The first-order chi connectivity index (χ1) is 6.79. The molecule has 0 amide bonds. The lowest BCUT2D eigenvalue weighted by molar-refractivity contribution is 0.225. The molecule has 2 nitrogen and oxygen atoms in total. The molecule has 1 aliphatic carbocycles.